The summed E-state index contributed by atoms with van der Waals surface area (Å²) in [6.07, 6.45) is 0. The van der Waals surface area contributed by atoms with Crippen LogP contribution in [0.2, 0.25) is 0 Å². The summed E-state index contributed by atoms with van der Waals surface area (Å²) in [5.74, 6) is 0.440. The molecule has 0 atom stereocenters. The van der Waals surface area contributed by atoms with Gasteiger partial charge in [-0.25, -0.2) is 8.42 Å². The Morgan fingerprint density at radius 3 is 2.26 bits per heavy atom. The highest BCUT2D eigenvalue weighted by molar-refractivity contribution is 7.88. The predicted molar refractivity (Wildman–Crippen MR) is 77.7 cm³/mol. The minimum absolute atomic E-state index is 0.00706. The van der Waals surface area contributed by atoms with E-state index in [1.165, 1.54) is 4.31 Å². The molecule has 0 bridgehead atoms. The highest BCUT2D eigenvalue weighted by atomic mass is 35.5. The number of ether oxygens (including phenoxy) is 1. The molecule has 108 valence electrons. The van der Waals surface area contributed by atoms with Crippen LogP contribution in [0.15, 0.2) is 24.3 Å². The molecule has 0 saturated carbocycles. The van der Waals surface area contributed by atoms with E-state index in [1.54, 1.807) is 19.2 Å². The molecule has 0 heterocycles. The molecule has 0 fully saturated rings. The molecule has 6 heteroatoms. The van der Waals surface area contributed by atoms with Gasteiger partial charge in [0.2, 0.25) is 10.0 Å². The van der Waals surface area contributed by atoms with E-state index in [1.807, 2.05) is 19.1 Å². The minimum atomic E-state index is -3.30. The minimum Gasteiger partial charge on any atom is -0.383 e. The fraction of sp³-hybridized carbons (Fsp3) is 0.538. The average molecular weight is 306 g/mol. The van der Waals surface area contributed by atoms with Crippen molar-refractivity contribution in [1.82, 2.24) is 4.31 Å². The van der Waals surface area contributed by atoms with Gasteiger partial charge in [-0.3, -0.25) is 0 Å². The predicted octanol–water partition coefficient (Wildman–Crippen LogP) is 2.22. The lowest BCUT2D eigenvalue weighted by Gasteiger charge is -2.20. The van der Waals surface area contributed by atoms with Gasteiger partial charge in [0.15, 0.2) is 0 Å². The largest absolute Gasteiger partial charge is 0.383 e. The number of hydrogen-bond donors (Lipinski definition) is 0. The summed E-state index contributed by atoms with van der Waals surface area (Å²) in [6.45, 7) is 3.06. The van der Waals surface area contributed by atoms with E-state index in [0.717, 1.165) is 11.1 Å². The summed E-state index contributed by atoms with van der Waals surface area (Å²) in [4.78, 5) is 0. The van der Waals surface area contributed by atoms with Crippen LogP contribution in [0.3, 0.4) is 0 Å². The molecule has 0 amide bonds. The SMILES string of the molecule is CCN(CCOC)S(=O)(=O)Cc1ccc(CCl)cc1. The molecular weight excluding hydrogens is 286 g/mol. The van der Waals surface area contributed by atoms with Crippen molar-refractivity contribution in [3.8, 4) is 0 Å². The van der Waals surface area contributed by atoms with Crippen LogP contribution < -0.4 is 0 Å². The van der Waals surface area contributed by atoms with E-state index in [0.29, 0.717) is 25.6 Å². The van der Waals surface area contributed by atoms with Crippen molar-refractivity contribution in [3.05, 3.63) is 35.4 Å². The highest BCUT2D eigenvalue weighted by Gasteiger charge is 2.20. The van der Waals surface area contributed by atoms with Gasteiger partial charge in [0.25, 0.3) is 0 Å². The fourth-order valence-corrected chi connectivity index (χ4v) is 3.43. The molecule has 1 aromatic rings. The Hall–Kier alpha value is -0.620. The Morgan fingerprint density at radius 2 is 1.79 bits per heavy atom. The summed E-state index contributed by atoms with van der Waals surface area (Å²) in [7, 11) is -1.74. The fourth-order valence-electron chi connectivity index (χ4n) is 1.71. The number of likely N-dealkylation sites (N-methyl/N-ethyl adjacent to an activating group) is 1. The second kappa shape index (κ2) is 7.85. The van der Waals surface area contributed by atoms with E-state index in [4.69, 9.17) is 16.3 Å². The maximum atomic E-state index is 12.2. The van der Waals surface area contributed by atoms with E-state index >= 15 is 0 Å². The number of methoxy groups -OCH3 is 1. The maximum Gasteiger partial charge on any atom is 0.218 e. The van der Waals surface area contributed by atoms with Gasteiger partial charge < -0.3 is 4.74 Å². The Kier molecular flexibility index (Phi) is 6.79. The number of benzene rings is 1. The molecule has 0 unspecified atom stereocenters. The zero-order valence-corrected chi connectivity index (χ0v) is 12.9. The van der Waals surface area contributed by atoms with Crippen molar-refractivity contribution in [1.29, 1.82) is 0 Å². The smallest absolute Gasteiger partial charge is 0.218 e. The Morgan fingerprint density at radius 1 is 1.21 bits per heavy atom. The van der Waals surface area contributed by atoms with Crippen LogP contribution in [-0.4, -0.2) is 39.5 Å². The average Bonchev–Trinajstić information content (AvgIpc) is 2.39. The lowest BCUT2D eigenvalue weighted by Crippen LogP contribution is -2.34. The van der Waals surface area contributed by atoms with Gasteiger partial charge in [0.05, 0.1) is 12.4 Å². The first-order chi connectivity index (χ1) is 9.03. The quantitative estimate of drug-likeness (QED) is 0.692. The number of alkyl halides is 1. The number of hydrogen-bond acceptors (Lipinski definition) is 3. The number of nitrogens with zero attached hydrogens (tertiary/aromatic N) is 1. The molecule has 0 aliphatic carbocycles. The van der Waals surface area contributed by atoms with Crippen molar-refractivity contribution < 1.29 is 13.2 Å². The first kappa shape index (κ1) is 16.4. The van der Waals surface area contributed by atoms with Gasteiger partial charge in [-0.2, -0.15) is 4.31 Å². The maximum absolute atomic E-state index is 12.2. The molecule has 0 N–H and O–H groups in total. The summed E-state index contributed by atoms with van der Waals surface area (Å²) < 4.78 is 30.8. The molecule has 19 heavy (non-hydrogen) atoms. The zero-order chi connectivity index (χ0) is 14.3. The van der Waals surface area contributed by atoms with Crippen LogP contribution in [0.4, 0.5) is 0 Å². The molecule has 0 aliphatic rings. The zero-order valence-electron chi connectivity index (χ0n) is 11.3. The molecule has 0 radical (unpaired) electrons. The molecule has 0 aromatic heterocycles. The monoisotopic (exact) mass is 305 g/mol. The van der Waals surface area contributed by atoms with E-state index in [9.17, 15) is 8.42 Å². The molecular formula is C13H20ClNO3S. The molecule has 1 rings (SSSR count). The van der Waals surface area contributed by atoms with E-state index in [2.05, 4.69) is 0 Å². The van der Waals surface area contributed by atoms with Crippen molar-refractivity contribution in [2.24, 2.45) is 0 Å². The number of halogens is 1. The molecule has 0 spiro atoms. The van der Waals surface area contributed by atoms with Crippen molar-refractivity contribution in [2.45, 2.75) is 18.6 Å². The van der Waals surface area contributed by atoms with Crippen LogP contribution in [0, 0.1) is 0 Å². The van der Waals surface area contributed by atoms with Gasteiger partial charge in [-0.15, -0.1) is 11.6 Å². The third-order valence-corrected chi connectivity index (χ3v) is 5.05. The highest BCUT2D eigenvalue weighted by Crippen LogP contribution is 2.13. The third kappa shape index (κ3) is 5.10. The van der Waals surface area contributed by atoms with Crippen LogP contribution >= 0.6 is 11.6 Å². The molecule has 4 nitrogen and oxygen atoms in total. The van der Waals surface area contributed by atoms with Gasteiger partial charge in [-0.1, -0.05) is 31.2 Å². The standard InChI is InChI=1S/C13H20ClNO3S/c1-3-15(8-9-18-2)19(16,17)11-13-6-4-12(10-14)5-7-13/h4-7H,3,8-11H2,1-2H3. The second-order valence-corrected chi connectivity index (χ2v) is 6.43. The number of sulfonamides is 1. The van der Waals surface area contributed by atoms with Gasteiger partial charge in [0.1, 0.15) is 0 Å². The van der Waals surface area contributed by atoms with Gasteiger partial charge in [0, 0.05) is 26.1 Å². The first-order valence-electron chi connectivity index (χ1n) is 6.14. The van der Waals surface area contributed by atoms with E-state index in [-0.39, 0.29) is 5.75 Å². The number of rotatable bonds is 8. The lowest BCUT2D eigenvalue weighted by atomic mass is 10.2. The molecule has 0 saturated heterocycles. The summed E-state index contributed by atoms with van der Waals surface area (Å²) in [6, 6.07) is 7.31. The molecule has 0 aliphatic heterocycles. The van der Waals surface area contributed by atoms with E-state index < -0.39 is 10.0 Å². The van der Waals surface area contributed by atoms with Crippen molar-refractivity contribution >= 4 is 21.6 Å². The van der Waals surface area contributed by atoms with Crippen molar-refractivity contribution in [2.75, 3.05) is 26.8 Å². The second-order valence-electron chi connectivity index (χ2n) is 4.19. The Bertz CT molecular complexity index is 473. The summed E-state index contributed by atoms with van der Waals surface area (Å²) in [5.41, 5.74) is 1.75. The van der Waals surface area contributed by atoms with Gasteiger partial charge >= 0.3 is 0 Å². The topological polar surface area (TPSA) is 46.6 Å². The third-order valence-electron chi connectivity index (χ3n) is 2.82. The Balaban J connectivity index is 2.76. The van der Waals surface area contributed by atoms with Gasteiger partial charge in [-0.05, 0) is 11.1 Å². The first-order valence-corrected chi connectivity index (χ1v) is 8.28. The summed E-state index contributed by atoms with van der Waals surface area (Å²) >= 11 is 5.70. The van der Waals surface area contributed by atoms with Crippen LogP contribution in [0.1, 0.15) is 18.1 Å². The lowest BCUT2D eigenvalue weighted by molar-refractivity contribution is 0.180. The molecule has 1 aromatic carbocycles. The normalized spacial score (nSPS) is 12.0. The Labute approximate surface area is 120 Å². The van der Waals surface area contributed by atoms with Crippen LogP contribution in [-0.2, 0) is 26.4 Å². The van der Waals surface area contributed by atoms with Crippen LogP contribution in [0.25, 0.3) is 0 Å². The van der Waals surface area contributed by atoms with Crippen LogP contribution in [0.5, 0.6) is 0 Å². The van der Waals surface area contributed by atoms with Crippen molar-refractivity contribution in [3.63, 3.8) is 0 Å². The summed E-state index contributed by atoms with van der Waals surface area (Å²) in [5, 5.41) is 0.